The molecule has 1 rings (SSSR count). The maximum Gasteiger partial charge on any atom is 0.307 e. The van der Waals surface area contributed by atoms with E-state index in [0.717, 1.165) is 12.8 Å². The Morgan fingerprint density at radius 1 is 1.17 bits per heavy atom. The minimum Gasteiger partial charge on any atom is -0.481 e. The van der Waals surface area contributed by atoms with Gasteiger partial charge in [0.25, 0.3) is 0 Å². The first-order valence-electron chi connectivity index (χ1n) is 4.75. The molecule has 0 aromatic rings. The molecule has 0 radical (unpaired) electrons. The third-order valence-corrected chi connectivity index (χ3v) is 3.06. The van der Waals surface area contributed by atoms with Crippen molar-refractivity contribution in [1.29, 1.82) is 0 Å². The molecule has 1 aliphatic carbocycles. The molecule has 0 aromatic carbocycles. The molecule has 2 nitrogen and oxygen atoms in total. The van der Waals surface area contributed by atoms with Crippen molar-refractivity contribution >= 4 is 5.97 Å². The number of hydrogen-bond donors (Lipinski definition) is 1. The van der Waals surface area contributed by atoms with Crippen LogP contribution in [0.25, 0.3) is 0 Å². The van der Waals surface area contributed by atoms with E-state index >= 15 is 0 Å². The first-order valence-corrected chi connectivity index (χ1v) is 4.75. The van der Waals surface area contributed by atoms with Gasteiger partial charge < -0.3 is 5.11 Å². The summed E-state index contributed by atoms with van der Waals surface area (Å²) in [6, 6.07) is 0. The zero-order valence-electron chi connectivity index (χ0n) is 8.08. The van der Waals surface area contributed by atoms with Crippen LogP contribution in [-0.4, -0.2) is 11.1 Å². The Morgan fingerprint density at radius 3 is 1.92 bits per heavy atom. The predicted octanol–water partition coefficient (Wildman–Crippen LogP) is 2.39. The van der Waals surface area contributed by atoms with Crippen molar-refractivity contribution in [2.75, 3.05) is 0 Å². The van der Waals surface area contributed by atoms with Gasteiger partial charge in [0, 0.05) is 0 Å². The van der Waals surface area contributed by atoms with Crippen LogP contribution < -0.4 is 0 Å². The lowest BCUT2D eigenvalue weighted by molar-refractivity contribution is -0.147. The van der Waals surface area contributed by atoms with Gasteiger partial charge in [-0.15, -0.1) is 0 Å². The molecule has 0 amide bonds. The van der Waals surface area contributed by atoms with Crippen LogP contribution in [-0.2, 0) is 4.79 Å². The highest BCUT2D eigenvalue weighted by Gasteiger charge is 2.35. The Morgan fingerprint density at radius 2 is 1.58 bits per heavy atom. The molecule has 1 unspecified atom stereocenters. The summed E-state index contributed by atoms with van der Waals surface area (Å²) >= 11 is 0. The van der Waals surface area contributed by atoms with E-state index in [1.165, 1.54) is 0 Å². The molecular weight excluding hydrogens is 152 g/mol. The summed E-state index contributed by atoms with van der Waals surface area (Å²) in [5.41, 5.74) is 0. The van der Waals surface area contributed by atoms with Crippen LogP contribution in [0, 0.1) is 23.7 Å². The zero-order chi connectivity index (χ0) is 9.30. The average molecular weight is 170 g/mol. The molecule has 1 saturated carbocycles. The second-order valence-electron chi connectivity index (χ2n) is 4.40. The molecule has 70 valence electrons. The summed E-state index contributed by atoms with van der Waals surface area (Å²) in [7, 11) is 0. The number of aliphatic carboxylic acids is 1. The lowest BCUT2D eigenvalue weighted by atomic mass is 9.70. The van der Waals surface area contributed by atoms with Crippen molar-refractivity contribution in [3.63, 3.8) is 0 Å². The monoisotopic (exact) mass is 170 g/mol. The molecule has 0 bridgehead atoms. The van der Waals surface area contributed by atoms with Gasteiger partial charge in [-0.3, -0.25) is 4.79 Å². The molecule has 0 aliphatic heterocycles. The van der Waals surface area contributed by atoms with Crippen LogP contribution in [0.5, 0.6) is 0 Å². The molecule has 1 aliphatic rings. The fourth-order valence-corrected chi connectivity index (χ4v) is 2.71. The highest BCUT2D eigenvalue weighted by Crippen LogP contribution is 2.37. The van der Waals surface area contributed by atoms with Crippen LogP contribution in [0.1, 0.15) is 33.6 Å². The van der Waals surface area contributed by atoms with E-state index in [0.29, 0.717) is 17.8 Å². The van der Waals surface area contributed by atoms with Crippen molar-refractivity contribution in [2.45, 2.75) is 33.6 Å². The Kier molecular flexibility index (Phi) is 2.76. The quantitative estimate of drug-likeness (QED) is 0.656. The topological polar surface area (TPSA) is 37.3 Å². The Hall–Kier alpha value is -0.530. The fraction of sp³-hybridized carbons (Fsp3) is 0.900. The van der Waals surface area contributed by atoms with Crippen molar-refractivity contribution < 1.29 is 9.90 Å². The summed E-state index contributed by atoms with van der Waals surface area (Å²) in [6.07, 6.45) is 2.14. The van der Waals surface area contributed by atoms with E-state index in [-0.39, 0.29) is 5.92 Å². The van der Waals surface area contributed by atoms with Gasteiger partial charge in [-0.05, 0) is 30.6 Å². The van der Waals surface area contributed by atoms with Gasteiger partial charge in [-0.25, -0.2) is 0 Å². The van der Waals surface area contributed by atoms with Crippen LogP contribution in [0.2, 0.25) is 0 Å². The largest absolute Gasteiger partial charge is 0.481 e. The molecule has 0 aromatic heterocycles. The molecule has 0 saturated heterocycles. The summed E-state index contributed by atoms with van der Waals surface area (Å²) in [4.78, 5) is 10.9. The third-order valence-electron chi connectivity index (χ3n) is 3.06. The summed E-state index contributed by atoms with van der Waals surface area (Å²) in [6.45, 7) is 6.33. The lowest BCUT2D eigenvalue weighted by Gasteiger charge is -2.35. The Balaban J connectivity index is 2.66. The highest BCUT2D eigenvalue weighted by molar-refractivity contribution is 5.70. The number of carboxylic acids is 1. The van der Waals surface area contributed by atoms with E-state index in [9.17, 15) is 4.79 Å². The minimum absolute atomic E-state index is 0.110. The number of rotatable bonds is 1. The second kappa shape index (κ2) is 3.46. The molecule has 2 heteroatoms. The maximum absolute atomic E-state index is 10.9. The van der Waals surface area contributed by atoms with Crippen molar-refractivity contribution in [3.05, 3.63) is 0 Å². The van der Waals surface area contributed by atoms with Gasteiger partial charge in [0.1, 0.15) is 0 Å². The van der Waals surface area contributed by atoms with Crippen LogP contribution in [0.3, 0.4) is 0 Å². The normalized spacial score (nSPS) is 42.6. The van der Waals surface area contributed by atoms with Gasteiger partial charge >= 0.3 is 5.97 Å². The van der Waals surface area contributed by atoms with Crippen molar-refractivity contribution in [2.24, 2.45) is 23.7 Å². The average Bonchev–Trinajstić information content (AvgIpc) is 1.82. The number of carbonyl (C=O) groups is 1. The molecule has 1 N–H and O–H groups in total. The predicted molar refractivity (Wildman–Crippen MR) is 47.9 cm³/mol. The molecule has 4 atom stereocenters. The van der Waals surface area contributed by atoms with Crippen LogP contribution in [0.4, 0.5) is 0 Å². The van der Waals surface area contributed by atoms with Gasteiger partial charge in [-0.2, -0.15) is 0 Å². The second-order valence-corrected chi connectivity index (χ2v) is 4.40. The highest BCUT2D eigenvalue weighted by atomic mass is 16.4. The number of carboxylic acid groups (broad SMARTS) is 1. The van der Waals surface area contributed by atoms with Gasteiger partial charge in [0.15, 0.2) is 0 Å². The SMILES string of the molecule is CC1C[C@@H](C)[C@H](C(=O)O)[C@@H](C)C1. The Labute approximate surface area is 74.0 Å². The fourth-order valence-electron chi connectivity index (χ4n) is 2.71. The van der Waals surface area contributed by atoms with E-state index in [2.05, 4.69) is 20.8 Å². The van der Waals surface area contributed by atoms with Gasteiger partial charge in [0.2, 0.25) is 0 Å². The van der Waals surface area contributed by atoms with E-state index < -0.39 is 5.97 Å². The smallest absolute Gasteiger partial charge is 0.307 e. The summed E-state index contributed by atoms with van der Waals surface area (Å²) in [5.74, 6) is 0.677. The maximum atomic E-state index is 10.9. The molecule has 0 spiro atoms. The summed E-state index contributed by atoms with van der Waals surface area (Å²) < 4.78 is 0. The summed E-state index contributed by atoms with van der Waals surface area (Å²) in [5, 5.41) is 8.97. The first-order chi connectivity index (χ1) is 5.52. The van der Waals surface area contributed by atoms with E-state index in [4.69, 9.17) is 5.11 Å². The van der Waals surface area contributed by atoms with Gasteiger partial charge in [0.05, 0.1) is 5.92 Å². The number of hydrogen-bond acceptors (Lipinski definition) is 1. The third kappa shape index (κ3) is 1.79. The van der Waals surface area contributed by atoms with Gasteiger partial charge in [-0.1, -0.05) is 20.8 Å². The van der Waals surface area contributed by atoms with Crippen molar-refractivity contribution in [1.82, 2.24) is 0 Å². The minimum atomic E-state index is -0.609. The first kappa shape index (κ1) is 9.56. The van der Waals surface area contributed by atoms with Crippen LogP contribution in [0.15, 0.2) is 0 Å². The molecule has 0 heterocycles. The van der Waals surface area contributed by atoms with E-state index in [1.807, 2.05) is 0 Å². The standard InChI is InChI=1S/C10H18O2/c1-6-4-7(2)9(10(11)12)8(3)5-6/h6-9H,4-5H2,1-3H3,(H,11,12)/t6?,7-,8+,9+. The zero-order valence-corrected chi connectivity index (χ0v) is 8.08. The molecule has 12 heavy (non-hydrogen) atoms. The van der Waals surface area contributed by atoms with Crippen molar-refractivity contribution in [3.8, 4) is 0 Å². The molecule has 1 fully saturated rings. The lowest BCUT2D eigenvalue weighted by Crippen LogP contribution is -2.34. The molecular formula is C10H18O2. The van der Waals surface area contributed by atoms with E-state index in [1.54, 1.807) is 0 Å². The Bertz CT molecular complexity index is 165. The van der Waals surface area contributed by atoms with Crippen LogP contribution >= 0.6 is 0 Å².